The summed E-state index contributed by atoms with van der Waals surface area (Å²) in [5.41, 5.74) is -1.29. The summed E-state index contributed by atoms with van der Waals surface area (Å²) in [6.07, 6.45) is -2.26. The van der Waals surface area contributed by atoms with E-state index in [0.717, 1.165) is 0 Å². The van der Waals surface area contributed by atoms with Gasteiger partial charge in [0.25, 0.3) is 0 Å². The highest BCUT2D eigenvalue weighted by Crippen LogP contribution is 2.27. The molecule has 0 aliphatic carbocycles. The first kappa shape index (κ1) is 24.5. The number of thiazole rings is 1. The number of carbonyl (C=O) groups is 2. The van der Waals surface area contributed by atoms with Crippen molar-refractivity contribution in [1.82, 2.24) is 9.88 Å². The number of aliphatic hydroxyl groups is 1. The van der Waals surface area contributed by atoms with Crippen LogP contribution in [0.15, 0.2) is 21.9 Å². The molecule has 0 spiro atoms. The lowest BCUT2D eigenvalue weighted by Crippen LogP contribution is -2.34. The molecule has 2 N–H and O–H groups in total. The Labute approximate surface area is 179 Å². The minimum Gasteiger partial charge on any atom is -0.476 e. The first-order valence-electron chi connectivity index (χ1n) is 9.18. The van der Waals surface area contributed by atoms with E-state index in [1.54, 1.807) is 12.2 Å². The Morgan fingerprint density at radius 3 is 2.83 bits per heavy atom. The molecule has 7 nitrogen and oxygen atoms in total. The smallest absolute Gasteiger partial charge is 0.410 e. The Morgan fingerprint density at radius 1 is 1.47 bits per heavy atom. The molecule has 168 valence electrons. The highest BCUT2D eigenvalue weighted by molar-refractivity contribution is 8.01. The van der Waals surface area contributed by atoms with E-state index in [-0.39, 0.29) is 37.6 Å². The van der Waals surface area contributed by atoms with Crippen LogP contribution in [-0.2, 0) is 4.74 Å². The van der Waals surface area contributed by atoms with Gasteiger partial charge in [-0.15, -0.1) is 11.3 Å². The van der Waals surface area contributed by atoms with Crippen molar-refractivity contribution >= 4 is 35.2 Å². The van der Waals surface area contributed by atoms with E-state index in [2.05, 4.69) is 4.98 Å². The Kier molecular flexibility index (Phi) is 8.56. The third-order valence-corrected chi connectivity index (χ3v) is 6.37. The summed E-state index contributed by atoms with van der Waals surface area (Å²) < 4.78 is 42.3. The number of rotatable bonds is 11. The first-order chi connectivity index (χ1) is 14.0. The van der Waals surface area contributed by atoms with E-state index in [1.807, 2.05) is 0 Å². The summed E-state index contributed by atoms with van der Waals surface area (Å²) in [4.78, 5) is 28.2. The zero-order valence-corrected chi connectivity index (χ0v) is 17.9. The summed E-state index contributed by atoms with van der Waals surface area (Å²) in [5.74, 6) is -0.609. The fourth-order valence-electron chi connectivity index (χ4n) is 2.79. The number of alkyl halides is 3. The van der Waals surface area contributed by atoms with Crippen LogP contribution in [0, 0.1) is 0 Å². The number of nitrogens with zero attached hydrogens (tertiary/aromatic N) is 2. The van der Waals surface area contributed by atoms with E-state index in [4.69, 9.17) is 9.84 Å². The highest BCUT2D eigenvalue weighted by atomic mass is 32.2. The van der Waals surface area contributed by atoms with Gasteiger partial charge in [-0.05, 0) is 26.2 Å². The van der Waals surface area contributed by atoms with Crippen molar-refractivity contribution in [3.63, 3.8) is 0 Å². The molecular weight excluding hydrogens is 445 g/mol. The lowest BCUT2D eigenvalue weighted by Gasteiger charge is -2.22. The van der Waals surface area contributed by atoms with Crippen molar-refractivity contribution in [2.24, 2.45) is 0 Å². The normalized spacial score (nSPS) is 19.3. The van der Waals surface area contributed by atoms with Gasteiger partial charge in [-0.3, -0.25) is 4.90 Å². The number of carboxylic acids is 1. The Bertz CT molecular complexity index is 767. The van der Waals surface area contributed by atoms with Crippen LogP contribution in [0.4, 0.5) is 18.0 Å². The molecule has 1 aromatic rings. The van der Waals surface area contributed by atoms with Crippen molar-refractivity contribution in [2.75, 3.05) is 18.9 Å². The van der Waals surface area contributed by atoms with E-state index in [0.29, 0.717) is 16.6 Å². The number of aromatic nitrogens is 1. The lowest BCUT2D eigenvalue weighted by molar-refractivity contribution is -0.137. The molecule has 0 aromatic carbocycles. The molecule has 1 fully saturated rings. The van der Waals surface area contributed by atoms with E-state index in [1.165, 1.54) is 40.3 Å². The Balaban J connectivity index is 1.79. The number of hydrogen-bond acceptors (Lipinski definition) is 7. The highest BCUT2D eigenvalue weighted by Gasteiger charge is 2.31. The molecule has 2 atom stereocenters. The van der Waals surface area contributed by atoms with E-state index in [9.17, 15) is 27.9 Å². The second kappa shape index (κ2) is 10.5. The number of carbonyl (C=O) groups excluding carboxylic acids is 1. The van der Waals surface area contributed by atoms with Gasteiger partial charge in [0.15, 0.2) is 10.0 Å². The van der Waals surface area contributed by atoms with Crippen molar-refractivity contribution in [3.8, 4) is 0 Å². The van der Waals surface area contributed by atoms with Gasteiger partial charge in [0.2, 0.25) is 0 Å². The Hall–Kier alpha value is -1.79. The number of amides is 1. The predicted octanol–water partition coefficient (Wildman–Crippen LogP) is 4.18. The predicted molar refractivity (Wildman–Crippen MR) is 106 cm³/mol. The van der Waals surface area contributed by atoms with Crippen molar-refractivity contribution in [2.45, 2.75) is 54.8 Å². The average molecular weight is 469 g/mol. The number of aromatic carboxylic acids is 1. The van der Waals surface area contributed by atoms with Crippen LogP contribution >= 0.6 is 23.1 Å². The molecule has 1 saturated heterocycles. The number of carboxylic acid groups (broad SMARTS) is 1. The minimum atomic E-state index is -4.24. The van der Waals surface area contributed by atoms with Gasteiger partial charge in [-0.25, -0.2) is 14.6 Å². The third kappa shape index (κ3) is 8.15. The summed E-state index contributed by atoms with van der Waals surface area (Å²) in [5, 5.41) is 20.6. The van der Waals surface area contributed by atoms with Crippen LogP contribution in [0.3, 0.4) is 0 Å². The molecule has 0 saturated carbocycles. The van der Waals surface area contributed by atoms with Gasteiger partial charge in [0.1, 0.15) is 6.61 Å². The second-order valence-electron chi connectivity index (χ2n) is 7.09. The molecule has 1 aliphatic heterocycles. The average Bonchev–Trinajstić information content (AvgIpc) is 3.22. The maximum absolute atomic E-state index is 12.2. The van der Waals surface area contributed by atoms with Gasteiger partial charge in [-0.1, -0.05) is 23.9 Å². The Morgan fingerprint density at radius 2 is 2.20 bits per heavy atom. The lowest BCUT2D eigenvalue weighted by atomic mass is 9.94. The molecule has 12 heteroatoms. The van der Waals surface area contributed by atoms with Crippen LogP contribution < -0.4 is 0 Å². The maximum atomic E-state index is 12.2. The van der Waals surface area contributed by atoms with Gasteiger partial charge < -0.3 is 14.9 Å². The number of ether oxygens (including phenoxy) is 1. The van der Waals surface area contributed by atoms with Crippen molar-refractivity contribution < 1.29 is 37.7 Å². The standard InChI is InChI=1S/C18H23F3N2O5S2/c1-17(27,6-3-7-18(19,20)21)5-2-4-12-10-28-16(26)23(12)8-9-29-15-22-13(11-30-15)14(24)25/h2,4,11-12,27H,3,5-10H2,1H3,(H,24,25)/b4-2+/t12-,17-/m0/s1. The zero-order valence-electron chi connectivity index (χ0n) is 16.2. The first-order valence-corrected chi connectivity index (χ1v) is 11.0. The summed E-state index contributed by atoms with van der Waals surface area (Å²) in [6.45, 7) is 1.98. The fourth-order valence-corrected chi connectivity index (χ4v) is 4.59. The van der Waals surface area contributed by atoms with Crippen LogP contribution in [0.1, 0.15) is 43.1 Å². The monoisotopic (exact) mass is 468 g/mol. The van der Waals surface area contributed by atoms with Gasteiger partial charge in [0.05, 0.1) is 11.6 Å². The molecule has 1 aliphatic rings. The number of thioether (sulfide) groups is 1. The number of halogens is 3. The quantitative estimate of drug-likeness (QED) is 0.371. The fraction of sp³-hybridized carbons (Fsp3) is 0.611. The molecule has 0 radical (unpaired) electrons. The van der Waals surface area contributed by atoms with Crippen LogP contribution in [-0.4, -0.2) is 68.9 Å². The SMILES string of the molecule is C[C@](O)(C/C=C/[C@H]1COC(=O)N1CCSc1nc(C(=O)O)cs1)CCCC(F)(F)F. The zero-order chi connectivity index (χ0) is 22.4. The molecule has 2 heterocycles. The molecule has 0 unspecified atom stereocenters. The van der Waals surface area contributed by atoms with Crippen LogP contribution in [0.25, 0.3) is 0 Å². The van der Waals surface area contributed by atoms with Crippen LogP contribution in [0.5, 0.6) is 0 Å². The van der Waals surface area contributed by atoms with E-state index >= 15 is 0 Å². The largest absolute Gasteiger partial charge is 0.476 e. The van der Waals surface area contributed by atoms with Gasteiger partial charge in [0, 0.05) is 24.1 Å². The number of hydrogen-bond donors (Lipinski definition) is 2. The molecule has 1 amide bonds. The van der Waals surface area contributed by atoms with Crippen LogP contribution in [0.2, 0.25) is 0 Å². The molecular formula is C18H23F3N2O5S2. The summed E-state index contributed by atoms with van der Waals surface area (Å²) in [6, 6.07) is -0.338. The minimum absolute atomic E-state index is 0.0173. The van der Waals surface area contributed by atoms with E-state index < -0.39 is 30.3 Å². The molecule has 2 rings (SSSR count). The molecule has 1 aromatic heterocycles. The maximum Gasteiger partial charge on any atom is 0.410 e. The summed E-state index contributed by atoms with van der Waals surface area (Å²) >= 11 is 2.54. The van der Waals surface area contributed by atoms with Gasteiger partial charge >= 0.3 is 18.2 Å². The van der Waals surface area contributed by atoms with Gasteiger partial charge in [-0.2, -0.15) is 13.2 Å². The van der Waals surface area contributed by atoms with Crippen molar-refractivity contribution in [3.05, 3.63) is 23.2 Å². The third-order valence-electron chi connectivity index (χ3n) is 4.36. The molecule has 30 heavy (non-hydrogen) atoms. The second-order valence-corrected chi connectivity index (χ2v) is 9.29. The molecule has 0 bridgehead atoms. The number of cyclic esters (lactones) is 1. The summed E-state index contributed by atoms with van der Waals surface area (Å²) in [7, 11) is 0. The van der Waals surface area contributed by atoms with Crippen molar-refractivity contribution in [1.29, 1.82) is 0 Å². The topological polar surface area (TPSA) is 100.0 Å².